The molecule has 1 saturated carbocycles. The van der Waals surface area contributed by atoms with E-state index >= 15 is 0 Å². The van der Waals surface area contributed by atoms with Crippen molar-refractivity contribution in [3.8, 4) is 11.1 Å². The van der Waals surface area contributed by atoms with E-state index in [9.17, 15) is 0 Å². The van der Waals surface area contributed by atoms with Crippen LogP contribution in [0.3, 0.4) is 0 Å². The van der Waals surface area contributed by atoms with Crippen LogP contribution >= 0.6 is 0 Å². The number of fused-ring (bicyclic) bond motifs is 5. The standard InChI is InChI=1S/C19H20/c1-13-8-9-15-17(12-13)19(10-3-4-11-19)16-7-5-6-14(2)18(15)16/h5-9,12H,3-4,10-11H2,1-2H3. The van der Waals surface area contributed by atoms with Crippen molar-refractivity contribution in [1.29, 1.82) is 0 Å². The number of rotatable bonds is 0. The first kappa shape index (κ1) is 11.3. The summed E-state index contributed by atoms with van der Waals surface area (Å²) in [6.45, 7) is 4.48. The number of aryl methyl sites for hydroxylation is 2. The van der Waals surface area contributed by atoms with E-state index in [1.807, 2.05) is 0 Å². The first-order valence-electron chi connectivity index (χ1n) is 7.44. The Bertz CT molecular complexity index is 658. The molecular formula is C19H20. The van der Waals surface area contributed by atoms with E-state index in [1.165, 1.54) is 47.9 Å². The van der Waals surface area contributed by atoms with Gasteiger partial charge in [-0.05, 0) is 54.5 Å². The van der Waals surface area contributed by atoms with Crippen LogP contribution in [0.5, 0.6) is 0 Å². The second-order valence-electron chi connectivity index (χ2n) is 6.34. The Kier molecular flexibility index (Phi) is 2.21. The smallest absolute Gasteiger partial charge is 0.0215 e. The van der Waals surface area contributed by atoms with Gasteiger partial charge in [-0.3, -0.25) is 0 Å². The van der Waals surface area contributed by atoms with Crippen LogP contribution in [0, 0.1) is 13.8 Å². The first-order valence-corrected chi connectivity index (χ1v) is 7.44. The predicted molar refractivity (Wildman–Crippen MR) is 80.6 cm³/mol. The molecule has 0 nitrogen and oxygen atoms in total. The molecule has 2 aromatic carbocycles. The van der Waals surface area contributed by atoms with Crippen LogP contribution in [0.15, 0.2) is 36.4 Å². The summed E-state index contributed by atoms with van der Waals surface area (Å²) in [5.74, 6) is 0. The van der Waals surface area contributed by atoms with Crippen LogP contribution in [-0.4, -0.2) is 0 Å². The number of hydrogen-bond donors (Lipinski definition) is 0. The molecule has 0 aliphatic heterocycles. The Morgan fingerprint density at radius 3 is 2.47 bits per heavy atom. The third-order valence-electron chi connectivity index (χ3n) is 5.21. The number of benzene rings is 2. The SMILES string of the molecule is Cc1ccc2c(c1)C1(CCCC1)c1cccc(C)c1-2. The minimum Gasteiger partial charge on any atom is -0.0617 e. The third-order valence-corrected chi connectivity index (χ3v) is 5.21. The van der Waals surface area contributed by atoms with Gasteiger partial charge in [-0.15, -0.1) is 0 Å². The van der Waals surface area contributed by atoms with Crippen molar-refractivity contribution in [2.75, 3.05) is 0 Å². The average Bonchev–Trinajstić information content (AvgIpc) is 2.98. The molecule has 0 radical (unpaired) electrons. The molecule has 2 aliphatic carbocycles. The predicted octanol–water partition coefficient (Wildman–Crippen LogP) is 5.14. The van der Waals surface area contributed by atoms with Gasteiger partial charge in [-0.1, -0.05) is 54.8 Å². The lowest BCUT2D eigenvalue weighted by molar-refractivity contribution is 0.549. The van der Waals surface area contributed by atoms with Gasteiger partial charge in [-0.2, -0.15) is 0 Å². The van der Waals surface area contributed by atoms with E-state index < -0.39 is 0 Å². The Labute approximate surface area is 115 Å². The van der Waals surface area contributed by atoms with Gasteiger partial charge in [0, 0.05) is 5.41 Å². The van der Waals surface area contributed by atoms with Crippen molar-refractivity contribution in [3.63, 3.8) is 0 Å². The lowest BCUT2D eigenvalue weighted by Crippen LogP contribution is -2.20. The van der Waals surface area contributed by atoms with Crippen molar-refractivity contribution in [3.05, 3.63) is 58.7 Å². The molecule has 0 bridgehead atoms. The van der Waals surface area contributed by atoms with Crippen molar-refractivity contribution in [2.24, 2.45) is 0 Å². The van der Waals surface area contributed by atoms with Gasteiger partial charge in [0.15, 0.2) is 0 Å². The van der Waals surface area contributed by atoms with Crippen LogP contribution < -0.4 is 0 Å². The van der Waals surface area contributed by atoms with E-state index in [4.69, 9.17) is 0 Å². The van der Waals surface area contributed by atoms with Gasteiger partial charge >= 0.3 is 0 Å². The van der Waals surface area contributed by atoms with Gasteiger partial charge < -0.3 is 0 Å². The molecule has 0 saturated heterocycles. The molecule has 1 fully saturated rings. The van der Waals surface area contributed by atoms with Crippen LogP contribution in [0.4, 0.5) is 0 Å². The summed E-state index contributed by atoms with van der Waals surface area (Å²) in [4.78, 5) is 0. The zero-order valence-corrected chi connectivity index (χ0v) is 11.8. The van der Waals surface area contributed by atoms with Crippen LogP contribution in [0.2, 0.25) is 0 Å². The minimum absolute atomic E-state index is 0.336. The minimum atomic E-state index is 0.336. The lowest BCUT2D eigenvalue weighted by atomic mass is 9.76. The van der Waals surface area contributed by atoms with E-state index in [1.54, 1.807) is 11.1 Å². The maximum Gasteiger partial charge on any atom is 0.0215 e. The zero-order chi connectivity index (χ0) is 13.0. The summed E-state index contributed by atoms with van der Waals surface area (Å²) >= 11 is 0. The highest BCUT2D eigenvalue weighted by Crippen LogP contribution is 2.57. The second-order valence-corrected chi connectivity index (χ2v) is 6.34. The van der Waals surface area contributed by atoms with E-state index in [2.05, 4.69) is 50.2 Å². The molecule has 2 aromatic rings. The molecule has 0 N–H and O–H groups in total. The molecule has 4 rings (SSSR count). The summed E-state index contributed by atoms with van der Waals surface area (Å²) in [6, 6.07) is 13.9. The molecular weight excluding hydrogens is 228 g/mol. The Morgan fingerprint density at radius 2 is 1.68 bits per heavy atom. The normalized spacial score (nSPS) is 18.6. The van der Waals surface area contributed by atoms with E-state index in [0.717, 1.165) is 0 Å². The van der Waals surface area contributed by atoms with Crippen molar-refractivity contribution in [2.45, 2.75) is 44.9 Å². The Balaban J connectivity index is 2.11. The third kappa shape index (κ3) is 1.35. The Hall–Kier alpha value is -1.56. The molecule has 0 atom stereocenters. The fraction of sp³-hybridized carbons (Fsp3) is 0.368. The van der Waals surface area contributed by atoms with E-state index in [0.29, 0.717) is 5.41 Å². The highest BCUT2D eigenvalue weighted by Gasteiger charge is 2.45. The molecule has 96 valence electrons. The molecule has 0 aromatic heterocycles. The highest BCUT2D eigenvalue weighted by atomic mass is 14.5. The second kappa shape index (κ2) is 3.72. The van der Waals surface area contributed by atoms with Crippen molar-refractivity contribution >= 4 is 0 Å². The topological polar surface area (TPSA) is 0 Å². The maximum absolute atomic E-state index is 2.44. The monoisotopic (exact) mass is 248 g/mol. The van der Waals surface area contributed by atoms with Gasteiger partial charge in [0.25, 0.3) is 0 Å². The van der Waals surface area contributed by atoms with Crippen molar-refractivity contribution < 1.29 is 0 Å². The maximum atomic E-state index is 2.44. The molecule has 2 aliphatic rings. The van der Waals surface area contributed by atoms with Crippen LogP contribution in [0.1, 0.15) is 47.9 Å². The molecule has 0 unspecified atom stereocenters. The van der Waals surface area contributed by atoms with Crippen LogP contribution in [0.25, 0.3) is 11.1 Å². The molecule has 0 amide bonds. The summed E-state index contributed by atoms with van der Waals surface area (Å²) in [5, 5.41) is 0. The molecule has 0 heterocycles. The van der Waals surface area contributed by atoms with Gasteiger partial charge in [0.05, 0.1) is 0 Å². The fourth-order valence-corrected chi connectivity index (χ4v) is 4.36. The van der Waals surface area contributed by atoms with Crippen LogP contribution in [-0.2, 0) is 5.41 Å². The lowest BCUT2D eigenvalue weighted by Gasteiger charge is -2.26. The summed E-state index contributed by atoms with van der Waals surface area (Å²) < 4.78 is 0. The molecule has 0 heteroatoms. The number of hydrogen-bond acceptors (Lipinski definition) is 0. The van der Waals surface area contributed by atoms with Crippen molar-refractivity contribution in [1.82, 2.24) is 0 Å². The molecule has 19 heavy (non-hydrogen) atoms. The van der Waals surface area contributed by atoms with E-state index in [-0.39, 0.29) is 0 Å². The summed E-state index contributed by atoms with van der Waals surface area (Å²) in [5.41, 5.74) is 9.41. The largest absolute Gasteiger partial charge is 0.0617 e. The first-order chi connectivity index (χ1) is 9.22. The Morgan fingerprint density at radius 1 is 0.895 bits per heavy atom. The zero-order valence-electron chi connectivity index (χ0n) is 11.8. The quantitative estimate of drug-likeness (QED) is 0.605. The summed E-state index contributed by atoms with van der Waals surface area (Å²) in [7, 11) is 0. The fourth-order valence-electron chi connectivity index (χ4n) is 4.36. The summed E-state index contributed by atoms with van der Waals surface area (Å²) in [6.07, 6.45) is 5.42. The van der Waals surface area contributed by atoms with Gasteiger partial charge in [-0.25, -0.2) is 0 Å². The van der Waals surface area contributed by atoms with Gasteiger partial charge in [0.2, 0.25) is 0 Å². The average molecular weight is 248 g/mol. The van der Waals surface area contributed by atoms with Gasteiger partial charge in [0.1, 0.15) is 0 Å². The highest BCUT2D eigenvalue weighted by molar-refractivity contribution is 5.83. The molecule has 1 spiro atoms.